The summed E-state index contributed by atoms with van der Waals surface area (Å²) in [6.45, 7) is 1.46. The highest BCUT2D eigenvalue weighted by atomic mass is 32.2. The molecule has 2 unspecified atom stereocenters. The Balaban J connectivity index is 2.24. The van der Waals surface area contributed by atoms with E-state index in [-0.39, 0.29) is 17.3 Å². The molecule has 0 aliphatic carbocycles. The van der Waals surface area contributed by atoms with Gasteiger partial charge in [0.2, 0.25) is 0 Å². The van der Waals surface area contributed by atoms with E-state index in [1.165, 1.54) is 13.0 Å². The maximum Gasteiger partial charge on any atom is 0.185 e. The normalized spacial score (nSPS) is 14.0. The van der Waals surface area contributed by atoms with E-state index in [4.69, 9.17) is 0 Å². The SMILES string of the molecule is CC(=O)SCCC(O)C(O)c1c(O)ccc2ccccc12. The van der Waals surface area contributed by atoms with Crippen molar-refractivity contribution in [3.8, 4) is 5.75 Å². The zero-order chi connectivity index (χ0) is 15.4. The first-order valence-electron chi connectivity index (χ1n) is 6.71. The molecule has 0 saturated carbocycles. The third kappa shape index (κ3) is 3.75. The van der Waals surface area contributed by atoms with Gasteiger partial charge in [-0.25, -0.2) is 0 Å². The Kier molecular flexibility index (Phi) is 5.22. The Morgan fingerprint density at radius 1 is 1.19 bits per heavy atom. The van der Waals surface area contributed by atoms with Crippen LogP contribution in [-0.4, -0.2) is 32.3 Å². The van der Waals surface area contributed by atoms with Crippen LogP contribution in [-0.2, 0) is 4.79 Å². The second kappa shape index (κ2) is 6.93. The van der Waals surface area contributed by atoms with Crippen LogP contribution in [0.2, 0.25) is 0 Å². The number of thioether (sulfide) groups is 1. The molecule has 4 nitrogen and oxygen atoms in total. The summed E-state index contributed by atoms with van der Waals surface area (Å²) in [4.78, 5) is 10.9. The average molecular weight is 306 g/mol. The topological polar surface area (TPSA) is 77.8 Å². The van der Waals surface area contributed by atoms with Crippen molar-refractivity contribution in [3.63, 3.8) is 0 Å². The minimum absolute atomic E-state index is 0.0234. The zero-order valence-corrected chi connectivity index (χ0v) is 12.5. The Morgan fingerprint density at radius 2 is 1.90 bits per heavy atom. The maximum atomic E-state index is 10.9. The molecule has 21 heavy (non-hydrogen) atoms. The fourth-order valence-corrected chi connectivity index (χ4v) is 2.92. The summed E-state index contributed by atoms with van der Waals surface area (Å²) in [6.07, 6.45) is -1.95. The van der Waals surface area contributed by atoms with Gasteiger partial charge in [-0.3, -0.25) is 4.79 Å². The second-order valence-electron chi connectivity index (χ2n) is 4.86. The van der Waals surface area contributed by atoms with Crippen LogP contribution in [0, 0.1) is 0 Å². The molecule has 0 spiro atoms. The van der Waals surface area contributed by atoms with Gasteiger partial charge in [0.15, 0.2) is 5.12 Å². The number of fused-ring (bicyclic) bond motifs is 1. The molecule has 2 atom stereocenters. The van der Waals surface area contributed by atoms with E-state index in [9.17, 15) is 20.1 Å². The summed E-state index contributed by atoms with van der Waals surface area (Å²) < 4.78 is 0. The predicted octanol–water partition coefficient (Wildman–Crippen LogP) is 2.61. The van der Waals surface area contributed by atoms with Crippen molar-refractivity contribution < 1.29 is 20.1 Å². The molecule has 0 radical (unpaired) electrons. The van der Waals surface area contributed by atoms with Crippen molar-refractivity contribution in [1.82, 2.24) is 0 Å². The first-order valence-corrected chi connectivity index (χ1v) is 7.69. The predicted molar refractivity (Wildman–Crippen MR) is 84.3 cm³/mol. The van der Waals surface area contributed by atoms with Gasteiger partial charge < -0.3 is 15.3 Å². The smallest absolute Gasteiger partial charge is 0.185 e. The molecule has 3 N–H and O–H groups in total. The highest BCUT2D eigenvalue weighted by molar-refractivity contribution is 8.13. The van der Waals surface area contributed by atoms with Crippen LogP contribution in [0.25, 0.3) is 10.8 Å². The van der Waals surface area contributed by atoms with E-state index in [1.54, 1.807) is 12.1 Å². The van der Waals surface area contributed by atoms with Crippen LogP contribution >= 0.6 is 11.8 Å². The van der Waals surface area contributed by atoms with Crippen LogP contribution < -0.4 is 0 Å². The number of aliphatic hydroxyl groups excluding tert-OH is 2. The maximum absolute atomic E-state index is 10.9. The van der Waals surface area contributed by atoms with E-state index in [0.717, 1.165) is 17.1 Å². The molecule has 112 valence electrons. The molecule has 0 aliphatic heterocycles. The van der Waals surface area contributed by atoms with Crippen LogP contribution in [0.4, 0.5) is 0 Å². The van der Waals surface area contributed by atoms with Gasteiger partial charge in [-0.05, 0) is 23.3 Å². The first kappa shape index (κ1) is 15.8. The van der Waals surface area contributed by atoms with Crippen LogP contribution in [0.1, 0.15) is 25.0 Å². The molecule has 2 rings (SSSR count). The van der Waals surface area contributed by atoms with Crippen LogP contribution in [0.5, 0.6) is 5.75 Å². The van der Waals surface area contributed by atoms with E-state index in [2.05, 4.69) is 0 Å². The summed E-state index contributed by atoms with van der Waals surface area (Å²) in [5, 5.41) is 32.0. The van der Waals surface area contributed by atoms with Crippen LogP contribution in [0.3, 0.4) is 0 Å². The zero-order valence-electron chi connectivity index (χ0n) is 11.7. The minimum atomic E-state index is -1.19. The fraction of sp³-hybridized carbons (Fsp3) is 0.312. The number of carbonyl (C=O) groups is 1. The highest BCUT2D eigenvalue weighted by Gasteiger charge is 2.23. The monoisotopic (exact) mass is 306 g/mol. The minimum Gasteiger partial charge on any atom is -0.508 e. The number of phenolic OH excluding ortho intramolecular Hbond substituents is 1. The van der Waals surface area contributed by atoms with E-state index in [1.807, 2.05) is 18.2 Å². The molecule has 0 amide bonds. The van der Waals surface area contributed by atoms with Crippen molar-refractivity contribution in [2.45, 2.75) is 25.6 Å². The van der Waals surface area contributed by atoms with Crippen LogP contribution in [0.15, 0.2) is 36.4 Å². The fourth-order valence-electron chi connectivity index (χ4n) is 2.27. The molecular formula is C16H18O4S. The lowest BCUT2D eigenvalue weighted by atomic mass is 9.95. The summed E-state index contributed by atoms with van der Waals surface area (Å²) in [5.74, 6) is 0.387. The third-order valence-corrected chi connectivity index (χ3v) is 4.17. The molecular weight excluding hydrogens is 288 g/mol. The molecule has 0 bridgehead atoms. The number of aromatic hydroxyl groups is 1. The van der Waals surface area contributed by atoms with Gasteiger partial charge >= 0.3 is 0 Å². The molecule has 0 aromatic heterocycles. The van der Waals surface area contributed by atoms with Gasteiger partial charge in [-0.2, -0.15) is 0 Å². The van der Waals surface area contributed by atoms with Gasteiger partial charge in [0.25, 0.3) is 0 Å². The first-order chi connectivity index (χ1) is 10.0. The van der Waals surface area contributed by atoms with Gasteiger partial charge in [0.05, 0.1) is 6.10 Å². The van der Waals surface area contributed by atoms with Crippen molar-refractivity contribution in [2.75, 3.05) is 5.75 Å². The van der Waals surface area contributed by atoms with E-state index in [0.29, 0.717) is 16.7 Å². The second-order valence-corrected chi connectivity index (χ2v) is 6.13. The average Bonchev–Trinajstić information content (AvgIpc) is 2.46. The van der Waals surface area contributed by atoms with E-state index < -0.39 is 12.2 Å². The van der Waals surface area contributed by atoms with Gasteiger partial charge in [-0.1, -0.05) is 42.1 Å². The lowest BCUT2D eigenvalue weighted by Crippen LogP contribution is -2.19. The Bertz CT molecular complexity index is 641. The largest absolute Gasteiger partial charge is 0.508 e. The Morgan fingerprint density at radius 3 is 2.62 bits per heavy atom. The van der Waals surface area contributed by atoms with Crippen molar-refractivity contribution in [1.29, 1.82) is 0 Å². The number of rotatable bonds is 5. The van der Waals surface area contributed by atoms with Gasteiger partial charge in [-0.15, -0.1) is 0 Å². The number of phenols is 1. The summed E-state index contributed by atoms with van der Waals surface area (Å²) >= 11 is 1.11. The molecule has 0 aliphatic rings. The number of aliphatic hydroxyl groups is 2. The lowest BCUT2D eigenvalue weighted by Gasteiger charge is -2.20. The number of hydrogen-bond acceptors (Lipinski definition) is 5. The van der Waals surface area contributed by atoms with Crippen molar-refractivity contribution in [2.24, 2.45) is 0 Å². The third-order valence-electron chi connectivity index (χ3n) is 3.33. The standard InChI is InChI=1S/C16H18O4S/c1-10(17)21-9-8-14(19)16(20)15-12-5-3-2-4-11(12)6-7-13(15)18/h2-7,14,16,18-20H,8-9H2,1H3. The van der Waals surface area contributed by atoms with Gasteiger partial charge in [0, 0.05) is 18.2 Å². The Labute approximate surface area is 127 Å². The van der Waals surface area contributed by atoms with Crippen molar-refractivity contribution in [3.05, 3.63) is 42.0 Å². The summed E-state index contributed by atoms with van der Waals surface area (Å²) in [6, 6.07) is 10.6. The summed E-state index contributed by atoms with van der Waals surface area (Å²) in [5.41, 5.74) is 0.327. The summed E-state index contributed by atoms with van der Waals surface area (Å²) in [7, 11) is 0. The highest BCUT2D eigenvalue weighted by Crippen LogP contribution is 2.34. The molecule has 2 aromatic rings. The lowest BCUT2D eigenvalue weighted by molar-refractivity contribution is -0.109. The van der Waals surface area contributed by atoms with Crippen molar-refractivity contribution >= 4 is 27.6 Å². The molecule has 0 saturated heterocycles. The quantitative estimate of drug-likeness (QED) is 0.791. The number of hydrogen-bond donors (Lipinski definition) is 3. The number of carbonyl (C=O) groups excluding carboxylic acids is 1. The number of benzene rings is 2. The van der Waals surface area contributed by atoms with Gasteiger partial charge in [0.1, 0.15) is 11.9 Å². The molecule has 0 heterocycles. The molecule has 2 aromatic carbocycles. The molecule has 5 heteroatoms. The van der Waals surface area contributed by atoms with E-state index >= 15 is 0 Å². The Hall–Kier alpha value is -1.56. The molecule has 0 fully saturated rings.